The van der Waals surface area contributed by atoms with Gasteiger partial charge in [-0.05, 0) is 30.3 Å². The Bertz CT molecular complexity index is 679. The smallest absolute Gasteiger partial charge is 0.171 e. The van der Waals surface area contributed by atoms with Crippen LogP contribution in [-0.4, -0.2) is 24.2 Å². The standard InChI is InChI=1S/C21H27N3S/c1-2-18-10-6-7-11-20(18)23-21(25)22-19-12-14-24(15-13-19)16-17-8-4-3-5-9-17/h3-11,19H,2,12-16H2,1H3,(H2,22,23,25)/p+1. The average Bonchev–Trinajstić information content (AvgIpc) is 2.64. The zero-order valence-electron chi connectivity index (χ0n) is 14.9. The van der Waals surface area contributed by atoms with E-state index in [9.17, 15) is 0 Å². The van der Waals surface area contributed by atoms with Gasteiger partial charge in [-0.2, -0.15) is 0 Å². The number of hydrogen-bond donors (Lipinski definition) is 3. The highest BCUT2D eigenvalue weighted by Crippen LogP contribution is 2.15. The minimum atomic E-state index is 0.480. The summed E-state index contributed by atoms with van der Waals surface area (Å²) in [6.07, 6.45) is 3.34. The van der Waals surface area contributed by atoms with Crippen LogP contribution < -0.4 is 15.5 Å². The van der Waals surface area contributed by atoms with E-state index >= 15 is 0 Å². The number of rotatable bonds is 5. The molecular formula is C21H28N3S+. The van der Waals surface area contributed by atoms with Crippen LogP contribution in [0.15, 0.2) is 54.6 Å². The molecule has 1 saturated heterocycles. The number of benzene rings is 2. The van der Waals surface area contributed by atoms with Crippen LogP contribution in [0.5, 0.6) is 0 Å². The number of hydrogen-bond acceptors (Lipinski definition) is 1. The molecular weight excluding hydrogens is 326 g/mol. The Kier molecular flexibility index (Phi) is 6.42. The van der Waals surface area contributed by atoms with E-state index in [1.54, 1.807) is 4.90 Å². The van der Waals surface area contributed by atoms with E-state index in [2.05, 4.69) is 72.2 Å². The third-order valence-corrected chi connectivity index (χ3v) is 5.19. The van der Waals surface area contributed by atoms with Crippen LogP contribution in [0, 0.1) is 0 Å². The lowest BCUT2D eigenvalue weighted by molar-refractivity contribution is -0.918. The van der Waals surface area contributed by atoms with Gasteiger partial charge in [-0.1, -0.05) is 55.5 Å². The van der Waals surface area contributed by atoms with E-state index in [4.69, 9.17) is 12.2 Å². The Balaban J connectivity index is 1.45. The molecule has 0 aromatic heterocycles. The van der Waals surface area contributed by atoms with Crippen molar-refractivity contribution in [3.05, 3.63) is 65.7 Å². The van der Waals surface area contributed by atoms with E-state index in [-0.39, 0.29) is 0 Å². The maximum atomic E-state index is 5.53. The molecule has 2 aromatic rings. The van der Waals surface area contributed by atoms with Gasteiger partial charge in [0.05, 0.1) is 13.1 Å². The molecule has 3 nitrogen and oxygen atoms in total. The number of aryl methyl sites for hydroxylation is 1. The molecule has 3 N–H and O–H groups in total. The van der Waals surface area contributed by atoms with Gasteiger partial charge < -0.3 is 15.5 Å². The zero-order valence-corrected chi connectivity index (χ0v) is 15.7. The highest BCUT2D eigenvalue weighted by atomic mass is 32.1. The number of para-hydroxylation sites is 1. The molecule has 0 radical (unpaired) electrons. The number of likely N-dealkylation sites (tertiary alicyclic amines) is 1. The lowest BCUT2D eigenvalue weighted by atomic mass is 10.0. The van der Waals surface area contributed by atoms with Gasteiger partial charge in [0.2, 0.25) is 0 Å². The van der Waals surface area contributed by atoms with Crippen molar-refractivity contribution in [2.45, 2.75) is 38.8 Å². The van der Waals surface area contributed by atoms with Crippen LogP contribution in [0.4, 0.5) is 5.69 Å². The second-order valence-electron chi connectivity index (χ2n) is 6.80. The summed E-state index contributed by atoms with van der Waals surface area (Å²) in [5, 5.41) is 7.63. The highest BCUT2D eigenvalue weighted by molar-refractivity contribution is 7.80. The topological polar surface area (TPSA) is 28.5 Å². The molecule has 25 heavy (non-hydrogen) atoms. The molecule has 0 aliphatic carbocycles. The monoisotopic (exact) mass is 354 g/mol. The van der Waals surface area contributed by atoms with Gasteiger partial charge in [0.25, 0.3) is 0 Å². The minimum Gasteiger partial charge on any atom is -0.359 e. The fourth-order valence-electron chi connectivity index (χ4n) is 3.53. The quantitative estimate of drug-likeness (QED) is 0.721. The van der Waals surface area contributed by atoms with Gasteiger partial charge in [-0.15, -0.1) is 0 Å². The molecule has 1 aliphatic heterocycles. The number of thiocarbonyl (C=S) groups is 1. The summed E-state index contributed by atoms with van der Waals surface area (Å²) in [5.74, 6) is 0. The van der Waals surface area contributed by atoms with E-state index in [1.165, 1.54) is 37.1 Å². The molecule has 0 spiro atoms. The van der Waals surface area contributed by atoms with E-state index < -0.39 is 0 Å². The van der Waals surface area contributed by atoms with Gasteiger partial charge in [-0.3, -0.25) is 0 Å². The molecule has 0 saturated carbocycles. The van der Waals surface area contributed by atoms with Crippen LogP contribution in [0.25, 0.3) is 0 Å². The molecule has 1 fully saturated rings. The molecule has 0 amide bonds. The summed E-state index contributed by atoms with van der Waals surface area (Å²) in [5.41, 5.74) is 3.85. The summed E-state index contributed by atoms with van der Waals surface area (Å²) in [4.78, 5) is 1.67. The summed E-state index contributed by atoms with van der Waals surface area (Å²) in [6.45, 7) is 5.68. The van der Waals surface area contributed by atoms with E-state index in [0.717, 1.165) is 23.8 Å². The van der Waals surface area contributed by atoms with Crippen molar-refractivity contribution in [1.82, 2.24) is 5.32 Å². The zero-order chi connectivity index (χ0) is 17.5. The van der Waals surface area contributed by atoms with Crippen molar-refractivity contribution in [1.29, 1.82) is 0 Å². The molecule has 2 aromatic carbocycles. The van der Waals surface area contributed by atoms with Crippen molar-refractivity contribution in [3.8, 4) is 0 Å². The van der Waals surface area contributed by atoms with Gasteiger partial charge >= 0.3 is 0 Å². The third kappa shape index (κ3) is 5.28. The van der Waals surface area contributed by atoms with E-state index in [1.807, 2.05) is 0 Å². The Morgan fingerprint density at radius 2 is 1.72 bits per heavy atom. The van der Waals surface area contributed by atoms with Crippen LogP contribution in [0.2, 0.25) is 0 Å². The summed E-state index contributed by atoms with van der Waals surface area (Å²) >= 11 is 5.53. The number of piperidine rings is 1. The molecule has 0 atom stereocenters. The van der Waals surface area contributed by atoms with Crippen molar-refractivity contribution in [2.75, 3.05) is 18.4 Å². The van der Waals surface area contributed by atoms with Crippen molar-refractivity contribution in [3.63, 3.8) is 0 Å². The maximum absolute atomic E-state index is 5.53. The van der Waals surface area contributed by atoms with Gasteiger partial charge in [0, 0.05) is 30.1 Å². The van der Waals surface area contributed by atoms with Crippen LogP contribution in [-0.2, 0) is 13.0 Å². The third-order valence-electron chi connectivity index (χ3n) is 4.97. The Morgan fingerprint density at radius 3 is 2.44 bits per heavy atom. The summed E-state index contributed by atoms with van der Waals surface area (Å²) < 4.78 is 0. The molecule has 0 unspecified atom stereocenters. The van der Waals surface area contributed by atoms with Gasteiger partial charge in [-0.25, -0.2) is 0 Å². The largest absolute Gasteiger partial charge is 0.359 e. The first-order chi connectivity index (χ1) is 12.2. The fourth-order valence-corrected chi connectivity index (χ4v) is 3.80. The Hall–Kier alpha value is -1.91. The predicted molar refractivity (Wildman–Crippen MR) is 109 cm³/mol. The minimum absolute atomic E-state index is 0.480. The number of anilines is 1. The van der Waals surface area contributed by atoms with Gasteiger partial charge in [0.15, 0.2) is 5.11 Å². The Labute approximate surface area is 156 Å². The number of quaternary nitrogens is 1. The van der Waals surface area contributed by atoms with Crippen LogP contribution in [0.3, 0.4) is 0 Å². The first kappa shape index (κ1) is 17.9. The predicted octanol–water partition coefficient (Wildman–Crippen LogP) is 2.78. The first-order valence-electron chi connectivity index (χ1n) is 9.27. The van der Waals surface area contributed by atoms with Crippen LogP contribution in [0.1, 0.15) is 30.9 Å². The van der Waals surface area contributed by atoms with Crippen LogP contribution >= 0.6 is 12.2 Å². The summed E-state index contributed by atoms with van der Waals surface area (Å²) in [7, 11) is 0. The number of nitrogens with one attached hydrogen (secondary N) is 3. The van der Waals surface area contributed by atoms with Crippen molar-refractivity contribution < 1.29 is 4.90 Å². The maximum Gasteiger partial charge on any atom is 0.171 e. The molecule has 4 heteroatoms. The fraction of sp³-hybridized carbons (Fsp3) is 0.381. The lowest BCUT2D eigenvalue weighted by Gasteiger charge is -2.30. The summed E-state index contributed by atoms with van der Waals surface area (Å²) in [6, 6.07) is 19.6. The second-order valence-corrected chi connectivity index (χ2v) is 7.20. The Morgan fingerprint density at radius 1 is 1.04 bits per heavy atom. The van der Waals surface area contributed by atoms with Crippen molar-refractivity contribution in [2.24, 2.45) is 0 Å². The molecule has 1 heterocycles. The van der Waals surface area contributed by atoms with Gasteiger partial charge in [0.1, 0.15) is 6.54 Å². The van der Waals surface area contributed by atoms with E-state index in [0.29, 0.717) is 6.04 Å². The average molecular weight is 355 g/mol. The lowest BCUT2D eigenvalue weighted by Crippen LogP contribution is -3.12. The molecule has 3 rings (SSSR count). The normalized spacial score (nSPS) is 20.0. The van der Waals surface area contributed by atoms with Crippen molar-refractivity contribution >= 4 is 23.0 Å². The molecule has 132 valence electrons. The molecule has 0 bridgehead atoms. The first-order valence-corrected chi connectivity index (χ1v) is 9.68. The highest BCUT2D eigenvalue weighted by Gasteiger charge is 2.22. The molecule has 1 aliphatic rings. The second kappa shape index (κ2) is 8.97. The SMILES string of the molecule is CCc1ccccc1NC(=S)NC1CC[NH+](Cc2ccccc2)CC1.